The Labute approximate surface area is 128 Å². The lowest BCUT2D eigenvalue weighted by atomic mass is 10.2. The molecule has 0 aliphatic rings. The van der Waals surface area contributed by atoms with Gasteiger partial charge in [0.2, 0.25) is 0 Å². The molecule has 3 rings (SSSR count). The van der Waals surface area contributed by atoms with Crippen LogP contribution in [0.5, 0.6) is 0 Å². The van der Waals surface area contributed by atoms with E-state index >= 15 is 0 Å². The van der Waals surface area contributed by atoms with E-state index in [-0.39, 0.29) is 5.97 Å². The normalized spacial score (nSPS) is 11.0. The van der Waals surface area contributed by atoms with Gasteiger partial charge in [0.05, 0.1) is 30.6 Å². The molecule has 0 spiro atoms. The van der Waals surface area contributed by atoms with Crippen LogP contribution < -0.4 is 0 Å². The highest BCUT2D eigenvalue weighted by Gasteiger charge is 2.08. The molecular formula is C16H18N4O2. The van der Waals surface area contributed by atoms with Gasteiger partial charge in [0.15, 0.2) is 0 Å². The Morgan fingerprint density at radius 2 is 2.23 bits per heavy atom. The number of aromatic nitrogens is 4. The zero-order valence-corrected chi connectivity index (χ0v) is 12.7. The van der Waals surface area contributed by atoms with Gasteiger partial charge in [-0.1, -0.05) is 5.21 Å². The zero-order chi connectivity index (χ0) is 15.5. The first-order valence-corrected chi connectivity index (χ1v) is 7.32. The fourth-order valence-electron chi connectivity index (χ4n) is 2.41. The third-order valence-corrected chi connectivity index (χ3v) is 3.43. The Morgan fingerprint density at radius 1 is 1.36 bits per heavy atom. The fraction of sp³-hybridized carbons (Fsp3) is 0.312. The molecule has 22 heavy (non-hydrogen) atoms. The second kappa shape index (κ2) is 6.01. The van der Waals surface area contributed by atoms with Crippen LogP contribution in [0.15, 0.2) is 30.5 Å². The number of aromatic amines is 1. The number of H-pyrrole nitrogens is 1. The molecule has 1 aromatic carbocycles. The predicted octanol–water partition coefficient (Wildman–Crippen LogP) is 2.55. The summed E-state index contributed by atoms with van der Waals surface area (Å²) in [7, 11) is 0. The number of hydrogen-bond acceptors (Lipinski definition) is 4. The third-order valence-electron chi connectivity index (χ3n) is 3.43. The molecule has 0 amide bonds. The molecule has 2 heterocycles. The summed E-state index contributed by atoms with van der Waals surface area (Å²) in [6.45, 7) is 4.23. The first-order chi connectivity index (χ1) is 10.7. The third kappa shape index (κ3) is 3.00. The standard InChI is InChI=1S/C16H18N4O2/c1-3-22-16(21)7-4-13-10-20(19-18-13)14-5-6-15-12(9-14)8-11(2)17-15/h5-6,8-10,17H,3-4,7H2,1-2H3. The molecule has 114 valence electrons. The molecule has 1 N–H and O–H groups in total. The zero-order valence-electron chi connectivity index (χ0n) is 12.7. The minimum Gasteiger partial charge on any atom is -0.466 e. The van der Waals surface area contributed by atoms with Gasteiger partial charge >= 0.3 is 5.97 Å². The van der Waals surface area contributed by atoms with E-state index in [1.54, 1.807) is 11.6 Å². The van der Waals surface area contributed by atoms with E-state index in [1.165, 1.54) is 0 Å². The summed E-state index contributed by atoms with van der Waals surface area (Å²) in [6, 6.07) is 8.17. The van der Waals surface area contributed by atoms with E-state index in [0.717, 1.165) is 28.0 Å². The van der Waals surface area contributed by atoms with Crippen molar-refractivity contribution in [1.29, 1.82) is 0 Å². The second-order valence-electron chi connectivity index (χ2n) is 5.18. The summed E-state index contributed by atoms with van der Waals surface area (Å²) in [6.07, 6.45) is 2.70. The maximum absolute atomic E-state index is 11.4. The van der Waals surface area contributed by atoms with Crippen LogP contribution in [-0.4, -0.2) is 32.6 Å². The first-order valence-electron chi connectivity index (χ1n) is 7.32. The highest BCUT2D eigenvalue weighted by molar-refractivity contribution is 5.82. The van der Waals surface area contributed by atoms with Crippen molar-refractivity contribution in [3.63, 3.8) is 0 Å². The van der Waals surface area contributed by atoms with Crippen molar-refractivity contribution >= 4 is 16.9 Å². The van der Waals surface area contributed by atoms with E-state index in [9.17, 15) is 4.79 Å². The topological polar surface area (TPSA) is 72.8 Å². The number of ether oxygens (including phenoxy) is 1. The second-order valence-corrected chi connectivity index (χ2v) is 5.18. The number of carbonyl (C=O) groups is 1. The number of nitrogens with one attached hydrogen (secondary N) is 1. The van der Waals surface area contributed by atoms with Crippen molar-refractivity contribution in [3.05, 3.63) is 41.9 Å². The largest absolute Gasteiger partial charge is 0.466 e. The number of esters is 1. The molecule has 0 unspecified atom stereocenters. The number of nitrogens with zero attached hydrogens (tertiary/aromatic N) is 3. The maximum atomic E-state index is 11.4. The summed E-state index contributed by atoms with van der Waals surface area (Å²) in [5, 5.41) is 9.37. The van der Waals surface area contributed by atoms with Gasteiger partial charge in [0, 0.05) is 23.0 Å². The molecule has 0 saturated heterocycles. The van der Waals surface area contributed by atoms with Crippen LogP contribution in [0.25, 0.3) is 16.6 Å². The molecule has 0 radical (unpaired) electrons. The van der Waals surface area contributed by atoms with Crippen LogP contribution in [0.1, 0.15) is 24.7 Å². The van der Waals surface area contributed by atoms with Gasteiger partial charge in [-0.2, -0.15) is 0 Å². The van der Waals surface area contributed by atoms with Gasteiger partial charge in [0.1, 0.15) is 0 Å². The smallest absolute Gasteiger partial charge is 0.306 e. The number of benzene rings is 1. The highest BCUT2D eigenvalue weighted by atomic mass is 16.5. The molecule has 0 saturated carbocycles. The van der Waals surface area contributed by atoms with E-state index in [0.29, 0.717) is 19.4 Å². The molecule has 3 aromatic rings. The highest BCUT2D eigenvalue weighted by Crippen LogP contribution is 2.19. The van der Waals surface area contributed by atoms with Crippen LogP contribution in [0.3, 0.4) is 0 Å². The lowest BCUT2D eigenvalue weighted by molar-refractivity contribution is -0.143. The van der Waals surface area contributed by atoms with E-state index < -0.39 is 0 Å². The predicted molar refractivity (Wildman–Crippen MR) is 82.9 cm³/mol. The number of carbonyl (C=O) groups excluding carboxylic acids is 1. The van der Waals surface area contributed by atoms with Gasteiger partial charge in [0.25, 0.3) is 0 Å². The van der Waals surface area contributed by atoms with Gasteiger partial charge in [-0.15, -0.1) is 5.10 Å². The molecule has 0 fully saturated rings. The van der Waals surface area contributed by atoms with Crippen molar-refractivity contribution in [2.45, 2.75) is 26.7 Å². The maximum Gasteiger partial charge on any atom is 0.306 e. The molecule has 6 heteroatoms. The average Bonchev–Trinajstić information content (AvgIpc) is 3.09. The summed E-state index contributed by atoms with van der Waals surface area (Å²) in [4.78, 5) is 14.7. The monoisotopic (exact) mass is 298 g/mol. The molecular weight excluding hydrogens is 280 g/mol. The fourth-order valence-corrected chi connectivity index (χ4v) is 2.41. The number of fused-ring (bicyclic) bond motifs is 1. The lowest BCUT2D eigenvalue weighted by Crippen LogP contribution is -2.05. The Balaban J connectivity index is 1.75. The summed E-state index contributed by atoms with van der Waals surface area (Å²) in [5.41, 5.74) is 3.95. The van der Waals surface area contributed by atoms with Gasteiger partial charge < -0.3 is 9.72 Å². The van der Waals surface area contributed by atoms with Crippen molar-refractivity contribution in [2.24, 2.45) is 0 Å². The Kier molecular flexibility index (Phi) is 3.91. The van der Waals surface area contributed by atoms with Crippen LogP contribution in [0, 0.1) is 6.92 Å². The van der Waals surface area contributed by atoms with E-state index in [4.69, 9.17) is 4.74 Å². The minimum atomic E-state index is -0.207. The number of hydrogen-bond donors (Lipinski definition) is 1. The molecule has 2 aromatic heterocycles. The van der Waals surface area contributed by atoms with Crippen LogP contribution in [0.2, 0.25) is 0 Å². The Morgan fingerprint density at radius 3 is 3.05 bits per heavy atom. The quantitative estimate of drug-likeness (QED) is 0.735. The van der Waals surface area contributed by atoms with Gasteiger partial charge in [-0.05, 0) is 38.1 Å². The average molecular weight is 298 g/mol. The lowest BCUT2D eigenvalue weighted by Gasteiger charge is -2.00. The molecule has 6 nitrogen and oxygen atoms in total. The van der Waals surface area contributed by atoms with Gasteiger partial charge in [-0.25, -0.2) is 4.68 Å². The Hall–Kier alpha value is -2.63. The van der Waals surface area contributed by atoms with Crippen LogP contribution in [-0.2, 0) is 16.0 Å². The molecule has 0 aliphatic carbocycles. The van der Waals surface area contributed by atoms with Crippen LogP contribution in [0.4, 0.5) is 0 Å². The summed E-state index contributed by atoms with van der Waals surface area (Å²) >= 11 is 0. The van der Waals surface area contributed by atoms with E-state index in [1.807, 2.05) is 25.3 Å². The molecule has 0 bridgehead atoms. The minimum absolute atomic E-state index is 0.207. The van der Waals surface area contributed by atoms with Gasteiger partial charge in [-0.3, -0.25) is 4.79 Å². The summed E-state index contributed by atoms with van der Waals surface area (Å²) in [5.74, 6) is -0.207. The number of rotatable bonds is 5. The Bertz CT molecular complexity index is 803. The van der Waals surface area contributed by atoms with Crippen molar-refractivity contribution in [1.82, 2.24) is 20.0 Å². The van der Waals surface area contributed by atoms with E-state index in [2.05, 4.69) is 27.4 Å². The van der Waals surface area contributed by atoms with Crippen molar-refractivity contribution in [2.75, 3.05) is 6.61 Å². The van der Waals surface area contributed by atoms with Crippen LogP contribution >= 0.6 is 0 Å². The molecule has 0 aliphatic heterocycles. The SMILES string of the molecule is CCOC(=O)CCc1cn(-c2ccc3[nH]c(C)cc3c2)nn1. The van der Waals surface area contributed by atoms with Crippen molar-refractivity contribution in [3.8, 4) is 5.69 Å². The first kappa shape index (κ1) is 14.3. The summed E-state index contributed by atoms with van der Waals surface area (Å²) < 4.78 is 6.63. The van der Waals surface area contributed by atoms with Crippen molar-refractivity contribution < 1.29 is 9.53 Å². The molecule has 0 atom stereocenters. The number of aryl methyl sites for hydroxylation is 2.